The molecule has 1 radical (unpaired) electrons. The van der Waals surface area contributed by atoms with E-state index in [0.717, 1.165) is 11.9 Å². The summed E-state index contributed by atoms with van der Waals surface area (Å²) in [6, 6.07) is 9.75. The van der Waals surface area contributed by atoms with Crippen LogP contribution in [0.3, 0.4) is 0 Å². The number of hydrogen-bond acceptors (Lipinski definition) is 1. The molecule has 0 unspecified atom stereocenters. The van der Waals surface area contributed by atoms with Gasteiger partial charge in [-0.1, -0.05) is 30.8 Å². The first-order valence-corrected chi connectivity index (χ1v) is 3.63. The summed E-state index contributed by atoms with van der Waals surface area (Å²) in [7, 11) is 2.10. The molecule has 0 aliphatic carbocycles. The molecule has 1 nitrogen and oxygen atoms in total. The second-order valence-electron chi connectivity index (χ2n) is 2.42. The lowest BCUT2D eigenvalue weighted by Crippen LogP contribution is -1.90. The minimum Gasteiger partial charge on any atom is -0.192 e. The number of rotatable bonds is 2. The van der Waals surface area contributed by atoms with Gasteiger partial charge >= 0.3 is 0 Å². The van der Waals surface area contributed by atoms with E-state index in [1.807, 2.05) is 31.1 Å². The summed E-state index contributed by atoms with van der Waals surface area (Å²) in [5.74, 6) is 0. The maximum atomic E-state index is 8.50. The van der Waals surface area contributed by atoms with E-state index < -0.39 is 0 Å². The zero-order valence-corrected chi connectivity index (χ0v) is 6.54. The lowest BCUT2D eigenvalue weighted by atomic mass is 9.75. The molecule has 0 amide bonds. The lowest BCUT2D eigenvalue weighted by molar-refractivity contribution is 1.37. The van der Waals surface area contributed by atoms with Gasteiger partial charge in [0.25, 0.3) is 0 Å². The van der Waals surface area contributed by atoms with Crippen molar-refractivity contribution in [3.05, 3.63) is 35.4 Å². The minimum atomic E-state index is 0.727. The Labute approximate surface area is 67.9 Å². The molecule has 0 bridgehead atoms. The van der Waals surface area contributed by atoms with Crippen molar-refractivity contribution in [2.45, 2.75) is 13.1 Å². The van der Waals surface area contributed by atoms with Crippen LogP contribution in [0.2, 0.25) is 6.82 Å². The fourth-order valence-corrected chi connectivity index (χ4v) is 0.951. The third-order valence-corrected chi connectivity index (χ3v) is 1.52. The third-order valence-electron chi connectivity index (χ3n) is 1.52. The van der Waals surface area contributed by atoms with Crippen molar-refractivity contribution in [1.82, 2.24) is 0 Å². The molecule has 1 aromatic carbocycles. The SMILES string of the molecule is C[B]Cc1ccc(C#N)cc1. The molecule has 0 fully saturated rings. The summed E-state index contributed by atoms with van der Waals surface area (Å²) in [4.78, 5) is 0. The van der Waals surface area contributed by atoms with Crippen LogP contribution in [0.25, 0.3) is 0 Å². The molecule has 0 aromatic heterocycles. The highest BCUT2D eigenvalue weighted by Crippen LogP contribution is 2.02. The Morgan fingerprint density at radius 1 is 1.36 bits per heavy atom. The summed E-state index contributed by atoms with van der Waals surface area (Å²) in [5.41, 5.74) is 1.98. The summed E-state index contributed by atoms with van der Waals surface area (Å²) in [6.07, 6.45) is 0.978. The van der Waals surface area contributed by atoms with E-state index in [2.05, 4.69) is 13.3 Å². The second-order valence-corrected chi connectivity index (χ2v) is 2.42. The van der Waals surface area contributed by atoms with E-state index in [1.165, 1.54) is 5.56 Å². The predicted molar refractivity (Wildman–Crippen MR) is 46.5 cm³/mol. The van der Waals surface area contributed by atoms with E-state index in [-0.39, 0.29) is 0 Å². The van der Waals surface area contributed by atoms with E-state index >= 15 is 0 Å². The molecule has 0 heterocycles. The molecule has 53 valence electrons. The monoisotopic (exact) mass is 142 g/mol. The lowest BCUT2D eigenvalue weighted by Gasteiger charge is -1.95. The topological polar surface area (TPSA) is 23.8 Å². The molecule has 0 saturated carbocycles. The average molecular weight is 142 g/mol. The highest BCUT2D eigenvalue weighted by molar-refractivity contribution is 6.32. The molecular formula is C9H9BN. The van der Waals surface area contributed by atoms with Gasteiger partial charge in [-0.15, -0.1) is 0 Å². The van der Waals surface area contributed by atoms with Crippen molar-refractivity contribution in [3.8, 4) is 6.07 Å². The molecule has 0 aliphatic rings. The first-order valence-electron chi connectivity index (χ1n) is 3.63. The first kappa shape index (κ1) is 7.88. The molecule has 2 heteroatoms. The number of hydrogen-bond donors (Lipinski definition) is 0. The quantitative estimate of drug-likeness (QED) is 0.577. The van der Waals surface area contributed by atoms with Gasteiger partial charge in [-0.2, -0.15) is 5.26 Å². The Kier molecular flexibility index (Phi) is 2.74. The van der Waals surface area contributed by atoms with Crippen LogP contribution in [0.15, 0.2) is 24.3 Å². The predicted octanol–water partition coefficient (Wildman–Crippen LogP) is 1.81. The van der Waals surface area contributed by atoms with Gasteiger partial charge in [-0.3, -0.25) is 0 Å². The fourth-order valence-electron chi connectivity index (χ4n) is 0.951. The highest BCUT2D eigenvalue weighted by Gasteiger charge is 1.91. The summed E-state index contributed by atoms with van der Waals surface area (Å²) in [5, 5.41) is 8.50. The van der Waals surface area contributed by atoms with Gasteiger partial charge in [-0.05, 0) is 12.1 Å². The number of nitrogens with zero attached hydrogens (tertiary/aromatic N) is 1. The van der Waals surface area contributed by atoms with Crippen LogP contribution in [0.5, 0.6) is 0 Å². The zero-order chi connectivity index (χ0) is 8.10. The van der Waals surface area contributed by atoms with Crippen molar-refractivity contribution in [3.63, 3.8) is 0 Å². The van der Waals surface area contributed by atoms with Crippen molar-refractivity contribution in [2.24, 2.45) is 0 Å². The van der Waals surface area contributed by atoms with Crippen molar-refractivity contribution in [1.29, 1.82) is 5.26 Å². The second kappa shape index (κ2) is 3.83. The van der Waals surface area contributed by atoms with E-state index in [1.54, 1.807) is 0 Å². The molecule has 1 aromatic rings. The van der Waals surface area contributed by atoms with Crippen LogP contribution in [-0.4, -0.2) is 7.28 Å². The molecule has 0 saturated heterocycles. The van der Waals surface area contributed by atoms with Crippen molar-refractivity contribution < 1.29 is 0 Å². The van der Waals surface area contributed by atoms with Crippen LogP contribution in [0, 0.1) is 11.3 Å². The van der Waals surface area contributed by atoms with Gasteiger partial charge < -0.3 is 0 Å². The van der Waals surface area contributed by atoms with E-state index in [9.17, 15) is 0 Å². The molecule has 11 heavy (non-hydrogen) atoms. The zero-order valence-electron chi connectivity index (χ0n) is 6.54. The van der Waals surface area contributed by atoms with Gasteiger partial charge in [0, 0.05) is 0 Å². The Bertz CT molecular complexity index is 258. The van der Waals surface area contributed by atoms with Gasteiger partial charge in [0.1, 0.15) is 7.28 Å². The Hall–Kier alpha value is -1.23. The van der Waals surface area contributed by atoms with Crippen molar-refractivity contribution >= 4 is 7.28 Å². The van der Waals surface area contributed by atoms with Gasteiger partial charge in [0.05, 0.1) is 11.6 Å². The maximum absolute atomic E-state index is 8.50. The van der Waals surface area contributed by atoms with Crippen LogP contribution in [0.4, 0.5) is 0 Å². The molecule has 0 aliphatic heterocycles. The van der Waals surface area contributed by atoms with Gasteiger partial charge in [0.15, 0.2) is 0 Å². The van der Waals surface area contributed by atoms with Crippen LogP contribution < -0.4 is 0 Å². The van der Waals surface area contributed by atoms with Crippen molar-refractivity contribution in [2.75, 3.05) is 0 Å². The maximum Gasteiger partial charge on any atom is 0.111 e. The Balaban J connectivity index is 2.76. The Morgan fingerprint density at radius 3 is 2.45 bits per heavy atom. The molecule has 0 atom stereocenters. The first-order chi connectivity index (χ1) is 5.36. The summed E-state index contributed by atoms with van der Waals surface area (Å²) < 4.78 is 0. The van der Waals surface area contributed by atoms with Gasteiger partial charge in [-0.25, -0.2) is 0 Å². The number of benzene rings is 1. The summed E-state index contributed by atoms with van der Waals surface area (Å²) in [6.45, 7) is 2.03. The smallest absolute Gasteiger partial charge is 0.111 e. The molecule has 0 spiro atoms. The highest BCUT2D eigenvalue weighted by atomic mass is 14.2. The average Bonchev–Trinajstić information content (AvgIpc) is 2.07. The fraction of sp³-hybridized carbons (Fsp3) is 0.222. The molecule has 0 N–H and O–H groups in total. The van der Waals surface area contributed by atoms with Crippen LogP contribution >= 0.6 is 0 Å². The molecule has 1 rings (SSSR count). The van der Waals surface area contributed by atoms with Crippen LogP contribution in [0.1, 0.15) is 11.1 Å². The third kappa shape index (κ3) is 2.12. The number of nitriles is 1. The Morgan fingerprint density at radius 2 is 2.00 bits per heavy atom. The largest absolute Gasteiger partial charge is 0.192 e. The molecular weight excluding hydrogens is 133 g/mol. The standard InChI is InChI=1S/C9H9BN/c1-10-6-8-2-4-9(7-11)5-3-8/h2-5H,6H2,1H3. The minimum absolute atomic E-state index is 0.727. The van der Waals surface area contributed by atoms with E-state index in [0.29, 0.717) is 0 Å². The normalized spacial score (nSPS) is 8.73. The van der Waals surface area contributed by atoms with E-state index in [4.69, 9.17) is 5.26 Å². The summed E-state index contributed by atoms with van der Waals surface area (Å²) >= 11 is 0. The van der Waals surface area contributed by atoms with Crippen LogP contribution in [-0.2, 0) is 6.32 Å². The van der Waals surface area contributed by atoms with Gasteiger partial charge in [0.2, 0.25) is 0 Å².